The van der Waals surface area contributed by atoms with Crippen LogP contribution >= 0.6 is 0 Å². The van der Waals surface area contributed by atoms with Crippen molar-refractivity contribution in [2.24, 2.45) is 0 Å². The Bertz CT molecular complexity index is 482. The third-order valence-electron chi connectivity index (χ3n) is 2.05. The molecule has 0 unspecified atom stereocenters. The monoisotopic (exact) mass is 282 g/mol. The van der Waals surface area contributed by atoms with Gasteiger partial charge in [-0.3, -0.25) is 4.55 Å². The van der Waals surface area contributed by atoms with Crippen molar-refractivity contribution in [1.29, 1.82) is 0 Å². The standard InChI is InChI=1S/C10H12O6S.Na/c11-10(12)16-7-1-2-8-3-5-9(6-4-8)17(13,14)15;/h3-6H,1-2,7H2,(H,11,12)(H,13,14,15);/q;+1/p-1. The zero-order chi connectivity index (χ0) is 12.9. The fourth-order valence-corrected chi connectivity index (χ4v) is 1.74. The third-order valence-corrected chi connectivity index (χ3v) is 2.92. The number of hydrogen-bond donors (Lipinski definition) is 1. The maximum Gasteiger partial charge on any atom is 1.00 e. The molecule has 0 bridgehead atoms. The molecule has 6 nitrogen and oxygen atoms in total. The summed E-state index contributed by atoms with van der Waals surface area (Å²) in [7, 11) is -4.17. The molecule has 1 N–H and O–H groups in total. The topological polar surface area (TPSA) is 104 Å². The van der Waals surface area contributed by atoms with Gasteiger partial charge in [-0.05, 0) is 30.5 Å². The van der Waals surface area contributed by atoms with Crippen LogP contribution in [0.2, 0.25) is 0 Å². The largest absolute Gasteiger partial charge is 1.00 e. The van der Waals surface area contributed by atoms with E-state index in [2.05, 4.69) is 4.74 Å². The molecule has 0 atom stereocenters. The summed E-state index contributed by atoms with van der Waals surface area (Å²) in [4.78, 5) is 9.76. The van der Waals surface area contributed by atoms with E-state index in [9.17, 15) is 18.3 Å². The Hall–Kier alpha value is -0.600. The molecule has 1 aromatic rings. The predicted octanol–water partition coefficient (Wildman–Crippen LogP) is -2.77. The first-order valence-electron chi connectivity index (χ1n) is 4.80. The minimum atomic E-state index is -4.17. The van der Waals surface area contributed by atoms with E-state index in [1.54, 1.807) is 12.1 Å². The first-order chi connectivity index (χ1) is 7.89. The Kier molecular flexibility index (Phi) is 7.49. The summed E-state index contributed by atoms with van der Waals surface area (Å²) >= 11 is 0. The molecular formula is C10H11NaO6S. The Morgan fingerprint density at radius 2 is 1.83 bits per heavy atom. The van der Waals surface area contributed by atoms with Crippen molar-refractivity contribution >= 4 is 16.3 Å². The number of carbonyl (C=O) groups is 1. The van der Waals surface area contributed by atoms with E-state index < -0.39 is 16.3 Å². The second-order valence-corrected chi connectivity index (χ2v) is 4.74. The zero-order valence-corrected chi connectivity index (χ0v) is 12.6. The zero-order valence-electron chi connectivity index (χ0n) is 9.83. The summed E-state index contributed by atoms with van der Waals surface area (Å²) in [5.41, 5.74) is 0.819. The summed E-state index contributed by atoms with van der Waals surface area (Å²) in [6.45, 7) is 0.0301. The van der Waals surface area contributed by atoms with E-state index in [1.807, 2.05) is 0 Å². The van der Waals surface area contributed by atoms with Crippen molar-refractivity contribution in [3.8, 4) is 0 Å². The van der Waals surface area contributed by atoms with E-state index in [0.29, 0.717) is 12.8 Å². The number of carboxylic acid groups (broad SMARTS) is 1. The third kappa shape index (κ3) is 6.36. The summed E-state index contributed by atoms with van der Waals surface area (Å²) in [6, 6.07) is 5.65. The van der Waals surface area contributed by atoms with Crippen molar-refractivity contribution in [3.63, 3.8) is 0 Å². The molecule has 1 aromatic carbocycles. The molecule has 0 aliphatic heterocycles. The second kappa shape index (κ2) is 7.75. The van der Waals surface area contributed by atoms with Crippen LogP contribution in [0.5, 0.6) is 0 Å². The second-order valence-electron chi connectivity index (χ2n) is 3.32. The van der Waals surface area contributed by atoms with Gasteiger partial charge in [-0.25, -0.2) is 0 Å². The van der Waals surface area contributed by atoms with Gasteiger partial charge in [-0.15, -0.1) is 0 Å². The number of aryl methyl sites for hydroxylation is 1. The van der Waals surface area contributed by atoms with Crippen molar-refractivity contribution < 1.29 is 57.2 Å². The molecule has 0 heterocycles. The molecule has 0 amide bonds. The molecular weight excluding hydrogens is 271 g/mol. The summed E-state index contributed by atoms with van der Waals surface area (Å²) < 4.78 is 34.4. The van der Waals surface area contributed by atoms with E-state index in [1.165, 1.54) is 12.1 Å². The van der Waals surface area contributed by atoms with Gasteiger partial charge >= 0.3 is 29.6 Å². The van der Waals surface area contributed by atoms with Gasteiger partial charge in [-0.1, -0.05) is 12.1 Å². The quantitative estimate of drug-likeness (QED) is 0.271. The van der Waals surface area contributed by atoms with Gasteiger partial charge in [0.1, 0.15) is 0 Å². The van der Waals surface area contributed by atoms with Crippen LogP contribution in [0.25, 0.3) is 0 Å². The minimum absolute atomic E-state index is 0. The first kappa shape index (κ1) is 17.4. The van der Waals surface area contributed by atoms with Gasteiger partial charge in [0.25, 0.3) is 16.3 Å². The number of carbonyl (C=O) groups excluding carboxylic acids is 1. The molecule has 0 aromatic heterocycles. The summed E-state index contributed by atoms with van der Waals surface area (Å²) in [6.07, 6.45) is -0.551. The van der Waals surface area contributed by atoms with Gasteiger partial charge in [0.2, 0.25) is 0 Å². The Labute approximate surface area is 127 Å². The minimum Gasteiger partial charge on any atom is -0.550 e. The number of benzene rings is 1. The molecule has 0 aliphatic carbocycles. The first-order valence-corrected chi connectivity index (χ1v) is 6.24. The van der Waals surface area contributed by atoms with E-state index in [4.69, 9.17) is 4.55 Å². The molecule has 94 valence electrons. The summed E-state index contributed by atoms with van der Waals surface area (Å²) in [5, 5.41) is 9.94. The van der Waals surface area contributed by atoms with E-state index in [-0.39, 0.29) is 41.1 Å². The molecule has 0 aliphatic rings. The smallest absolute Gasteiger partial charge is 0.550 e. The summed E-state index contributed by atoms with van der Waals surface area (Å²) in [5.74, 6) is 0. The van der Waals surface area contributed by atoms with Gasteiger partial charge in [0.05, 0.1) is 4.90 Å². The number of ether oxygens (including phenoxy) is 1. The molecule has 0 saturated carbocycles. The van der Waals surface area contributed by atoms with Crippen molar-refractivity contribution in [2.45, 2.75) is 17.7 Å². The van der Waals surface area contributed by atoms with Gasteiger partial charge in [0, 0.05) is 6.61 Å². The maximum absolute atomic E-state index is 10.7. The molecule has 0 fully saturated rings. The Morgan fingerprint density at radius 3 is 2.28 bits per heavy atom. The van der Waals surface area contributed by atoms with Crippen LogP contribution in [-0.4, -0.2) is 25.7 Å². The van der Waals surface area contributed by atoms with Crippen molar-refractivity contribution in [1.82, 2.24) is 0 Å². The van der Waals surface area contributed by atoms with E-state index >= 15 is 0 Å². The Morgan fingerprint density at radius 1 is 1.28 bits per heavy atom. The van der Waals surface area contributed by atoms with Gasteiger partial charge < -0.3 is 14.6 Å². The van der Waals surface area contributed by atoms with Gasteiger partial charge in [-0.2, -0.15) is 8.42 Å². The molecule has 18 heavy (non-hydrogen) atoms. The predicted molar refractivity (Wildman–Crippen MR) is 55.9 cm³/mol. The van der Waals surface area contributed by atoms with Crippen LogP contribution in [0, 0.1) is 0 Å². The van der Waals surface area contributed by atoms with Crippen LogP contribution in [0.1, 0.15) is 12.0 Å². The van der Waals surface area contributed by atoms with Crippen LogP contribution in [0.3, 0.4) is 0 Å². The van der Waals surface area contributed by atoms with Crippen molar-refractivity contribution in [3.05, 3.63) is 29.8 Å². The van der Waals surface area contributed by atoms with Gasteiger partial charge in [0.15, 0.2) is 0 Å². The van der Waals surface area contributed by atoms with Crippen LogP contribution in [0.15, 0.2) is 29.2 Å². The average Bonchev–Trinajstić information content (AvgIpc) is 2.23. The molecule has 8 heteroatoms. The van der Waals surface area contributed by atoms with Crippen LogP contribution < -0.4 is 34.7 Å². The molecule has 1 rings (SSSR count). The molecule has 0 saturated heterocycles. The Balaban J connectivity index is 0.00000289. The number of rotatable bonds is 5. The fourth-order valence-electron chi connectivity index (χ4n) is 1.26. The molecule has 0 spiro atoms. The van der Waals surface area contributed by atoms with Crippen LogP contribution in [-0.2, 0) is 21.3 Å². The van der Waals surface area contributed by atoms with Crippen molar-refractivity contribution in [2.75, 3.05) is 6.61 Å². The average molecular weight is 282 g/mol. The van der Waals surface area contributed by atoms with E-state index in [0.717, 1.165) is 5.56 Å². The van der Waals surface area contributed by atoms with Crippen LogP contribution in [0.4, 0.5) is 4.79 Å². The SMILES string of the molecule is O=C([O-])OCCCc1ccc(S(=O)(=O)O)cc1.[Na+]. The molecule has 0 radical (unpaired) electrons. The number of hydrogen-bond acceptors (Lipinski definition) is 5. The fraction of sp³-hybridized carbons (Fsp3) is 0.300. The normalized spacial score (nSPS) is 10.5. The maximum atomic E-state index is 10.7.